The smallest absolute Gasteiger partial charge is 0.262 e. The van der Waals surface area contributed by atoms with E-state index in [2.05, 4.69) is 46.0 Å². The second kappa shape index (κ2) is 9.94. The summed E-state index contributed by atoms with van der Waals surface area (Å²) in [4.78, 5) is -0.465. The quantitative estimate of drug-likeness (QED) is 0.259. The lowest BCUT2D eigenvalue weighted by Crippen LogP contribution is -2.16. The summed E-state index contributed by atoms with van der Waals surface area (Å²) >= 11 is 14.9. The summed E-state index contributed by atoms with van der Waals surface area (Å²) in [7, 11) is -8.41. The van der Waals surface area contributed by atoms with Gasteiger partial charge in [-0.15, -0.1) is 5.10 Å². The van der Waals surface area contributed by atoms with Crippen molar-refractivity contribution in [3.63, 3.8) is 0 Å². The standard InChI is InChI=1S/C20H14BrCl2FN6O4S2/c1-10-4-17(24)16(21)9-18(10)28-36(33,34)19-3-2-13(8-15(19)20-25-29-30-26-20)27-35(31,32)14-6-11(22)5-12(23)7-14/h2-9,27-28H,1H3,(H,25,26,29,30). The van der Waals surface area contributed by atoms with Crippen LogP contribution in [0.1, 0.15) is 5.56 Å². The lowest BCUT2D eigenvalue weighted by atomic mass is 10.2. The predicted octanol–water partition coefficient (Wildman–Crippen LogP) is 4.99. The molecular formula is C20H14BrCl2FN6O4S2. The highest BCUT2D eigenvalue weighted by Gasteiger charge is 2.24. The molecule has 0 saturated heterocycles. The molecule has 0 aliphatic heterocycles. The molecule has 16 heteroatoms. The lowest BCUT2D eigenvalue weighted by molar-refractivity contribution is 0.600. The number of sulfonamides is 2. The van der Waals surface area contributed by atoms with Gasteiger partial charge in [0.1, 0.15) is 5.82 Å². The number of anilines is 2. The van der Waals surface area contributed by atoms with E-state index in [9.17, 15) is 21.2 Å². The summed E-state index contributed by atoms with van der Waals surface area (Å²) in [6.45, 7) is 1.54. The normalized spacial score (nSPS) is 11.9. The molecule has 10 nitrogen and oxygen atoms in total. The number of hydrogen-bond donors (Lipinski definition) is 3. The average molecular weight is 636 g/mol. The van der Waals surface area contributed by atoms with Crippen LogP contribution in [0.4, 0.5) is 15.8 Å². The molecule has 0 saturated carbocycles. The minimum absolute atomic E-state index is 0.0113. The third-order valence-corrected chi connectivity index (χ3v) is 8.61. The molecule has 0 radical (unpaired) electrons. The Hall–Kier alpha value is -2.78. The van der Waals surface area contributed by atoms with E-state index >= 15 is 0 Å². The van der Waals surface area contributed by atoms with Gasteiger partial charge in [-0.3, -0.25) is 9.44 Å². The summed E-state index contributed by atoms with van der Waals surface area (Å²) in [6.07, 6.45) is 0. The maximum atomic E-state index is 13.8. The second-order valence-corrected chi connectivity index (χ2v) is 12.4. The van der Waals surface area contributed by atoms with Crippen molar-refractivity contribution in [2.75, 3.05) is 9.44 Å². The van der Waals surface area contributed by atoms with Gasteiger partial charge in [0.2, 0.25) is 0 Å². The van der Waals surface area contributed by atoms with E-state index in [1.165, 1.54) is 55.5 Å². The van der Waals surface area contributed by atoms with Gasteiger partial charge >= 0.3 is 0 Å². The molecule has 0 aliphatic carbocycles. The summed E-state index contributed by atoms with van der Waals surface area (Å²) in [5.41, 5.74) is 0.451. The zero-order valence-electron chi connectivity index (χ0n) is 17.9. The number of hydrogen-bond acceptors (Lipinski definition) is 7. The monoisotopic (exact) mass is 634 g/mol. The van der Waals surface area contributed by atoms with Crippen molar-refractivity contribution in [2.45, 2.75) is 16.7 Å². The molecule has 4 rings (SSSR count). The van der Waals surface area contributed by atoms with Crippen LogP contribution in [0.2, 0.25) is 10.0 Å². The molecule has 1 heterocycles. The molecular weight excluding hydrogens is 622 g/mol. The molecule has 188 valence electrons. The fourth-order valence-electron chi connectivity index (χ4n) is 3.14. The Labute approximate surface area is 223 Å². The number of nitrogens with one attached hydrogen (secondary N) is 3. The van der Waals surface area contributed by atoms with Crippen LogP contribution in [0.5, 0.6) is 0 Å². The molecule has 36 heavy (non-hydrogen) atoms. The van der Waals surface area contributed by atoms with Crippen LogP contribution in [-0.4, -0.2) is 37.5 Å². The van der Waals surface area contributed by atoms with Crippen molar-refractivity contribution in [3.05, 3.63) is 74.4 Å². The van der Waals surface area contributed by atoms with Crippen LogP contribution in [0.3, 0.4) is 0 Å². The van der Waals surface area contributed by atoms with E-state index in [0.717, 1.165) is 0 Å². The number of aromatic amines is 1. The first kappa shape index (κ1) is 26.3. The van der Waals surface area contributed by atoms with Crippen molar-refractivity contribution < 1.29 is 21.2 Å². The maximum Gasteiger partial charge on any atom is 0.262 e. The first-order valence-electron chi connectivity index (χ1n) is 9.71. The number of rotatable bonds is 7. The molecule has 0 aliphatic rings. The Balaban J connectivity index is 1.76. The van der Waals surface area contributed by atoms with Gasteiger partial charge < -0.3 is 0 Å². The Kier molecular flexibility index (Phi) is 7.26. The first-order chi connectivity index (χ1) is 16.9. The zero-order chi connectivity index (χ0) is 26.3. The SMILES string of the molecule is Cc1cc(F)c(Br)cc1NS(=O)(=O)c1ccc(NS(=O)(=O)c2cc(Cl)cc(Cl)c2)cc1-c1nnn[nH]1. The van der Waals surface area contributed by atoms with E-state index < -0.39 is 25.9 Å². The number of tetrazole rings is 1. The van der Waals surface area contributed by atoms with Gasteiger partial charge in [0.15, 0.2) is 5.82 Å². The number of halogens is 4. The van der Waals surface area contributed by atoms with Gasteiger partial charge in [0.05, 0.1) is 20.0 Å². The molecule has 4 aromatic rings. The summed E-state index contributed by atoms with van der Waals surface area (Å²) < 4.78 is 71.0. The topological polar surface area (TPSA) is 147 Å². The average Bonchev–Trinajstić information content (AvgIpc) is 3.31. The first-order valence-corrected chi connectivity index (χ1v) is 14.2. The number of nitrogens with zero attached hydrogens (tertiary/aromatic N) is 3. The number of H-pyrrole nitrogens is 1. The van der Waals surface area contributed by atoms with Crippen molar-refractivity contribution >= 4 is 70.6 Å². The van der Waals surface area contributed by atoms with Crippen LogP contribution in [-0.2, 0) is 20.0 Å². The summed E-state index contributed by atoms with van der Waals surface area (Å²) in [5.74, 6) is -0.597. The highest BCUT2D eigenvalue weighted by molar-refractivity contribution is 9.10. The Morgan fingerprint density at radius 2 is 1.64 bits per heavy atom. The Morgan fingerprint density at radius 1 is 0.944 bits per heavy atom. The van der Waals surface area contributed by atoms with E-state index in [0.29, 0.717) is 5.56 Å². The number of aryl methyl sites for hydroxylation is 1. The number of benzene rings is 3. The van der Waals surface area contributed by atoms with Gasteiger partial charge in [-0.1, -0.05) is 23.2 Å². The van der Waals surface area contributed by atoms with E-state index in [1.807, 2.05) is 0 Å². The third-order valence-electron chi connectivity index (χ3n) is 4.78. The molecule has 0 bridgehead atoms. The van der Waals surface area contributed by atoms with Crippen LogP contribution in [0.25, 0.3) is 11.4 Å². The van der Waals surface area contributed by atoms with Crippen molar-refractivity contribution in [2.24, 2.45) is 0 Å². The van der Waals surface area contributed by atoms with Crippen LogP contribution >= 0.6 is 39.1 Å². The maximum absolute atomic E-state index is 13.8. The highest BCUT2D eigenvalue weighted by atomic mass is 79.9. The lowest BCUT2D eigenvalue weighted by Gasteiger charge is -2.15. The third kappa shape index (κ3) is 5.62. The fourth-order valence-corrected chi connectivity index (χ4v) is 6.57. The Morgan fingerprint density at radius 3 is 2.28 bits per heavy atom. The van der Waals surface area contributed by atoms with Gasteiger partial charge in [0.25, 0.3) is 20.0 Å². The van der Waals surface area contributed by atoms with Crippen LogP contribution in [0.15, 0.2) is 62.8 Å². The second-order valence-electron chi connectivity index (χ2n) is 7.36. The van der Waals surface area contributed by atoms with Gasteiger partial charge in [-0.05, 0) is 87.4 Å². The van der Waals surface area contributed by atoms with Gasteiger partial charge in [-0.25, -0.2) is 26.3 Å². The largest absolute Gasteiger partial charge is 0.280 e. The van der Waals surface area contributed by atoms with Crippen LogP contribution < -0.4 is 9.44 Å². The molecule has 0 amide bonds. The number of aromatic nitrogens is 4. The molecule has 3 aromatic carbocycles. The van der Waals surface area contributed by atoms with E-state index in [1.54, 1.807) is 0 Å². The molecule has 1 aromatic heterocycles. The molecule has 0 unspecified atom stereocenters. The molecule has 3 N–H and O–H groups in total. The fraction of sp³-hybridized carbons (Fsp3) is 0.0500. The minimum Gasteiger partial charge on any atom is -0.280 e. The van der Waals surface area contributed by atoms with Crippen molar-refractivity contribution in [3.8, 4) is 11.4 Å². The predicted molar refractivity (Wildman–Crippen MR) is 137 cm³/mol. The van der Waals surface area contributed by atoms with Crippen molar-refractivity contribution in [1.29, 1.82) is 0 Å². The molecule has 0 spiro atoms. The van der Waals surface area contributed by atoms with Crippen LogP contribution in [0, 0.1) is 12.7 Å². The van der Waals surface area contributed by atoms with Crippen molar-refractivity contribution in [1.82, 2.24) is 20.6 Å². The molecule has 0 fully saturated rings. The van der Waals surface area contributed by atoms with E-state index in [-0.39, 0.29) is 47.1 Å². The van der Waals surface area contributed by atoms with Gasteiger partial charge in [-0.2, -0.15) is 0 Å². The van der Waals surface area contributed by atoms with Gasteiger partial charge in [0, 0.05) is 21.3 Å². The minimum atomic E-state index is -4.27. The highest BCUT2D eigenvalue weighted by Crippen LogP contribution is 2.32. The summed E-state index contributed by atoms with van der Waals surface area (Å²) in [6, 6.07) is 9.93. The Bertz CT molecular complexity index is 1670. The van der Waals surface area contributed by atoms with E-state index in [4.69, 9.17) is 23.2 Å². The summed E-state index contributed by atoms with van der Waals surface area (Å²) in [5, 5.41) is 13.4. The molecule has 0 atom stereocenters. The zero-order valence-corrected chi connectivity index (χ0v) is 22.7.